The number of hydrogen-bond donors (Lipinski definition) is 7. The molecule has 244 valence electrons. The molecule has 5 atom stereocenters. The number of rotatable bonds is 12. The van der Waals surface area contributed by atoms with Gasteiger partial charge in [0.15, 0.2) is 5.96 Å². The smallest absolute Gasteiger partial charge is 0.243 e. The third-order valence-corrected chi connectivity index (χ3v) is 7.61. The Morgan fingerprint density at radius 1 is 0.977 bits per heavy atom. The Bertz CT molecular complexity index is 980. The van der Waals surface area contributed by atoms with Crippen LogP contribution in [0.3, 0.4) is 0 Å². The summed E-state index contributed by atoms with van der Waals surface area (Å²) in [6.45, 7) is 7.52. The molecule has 0 saturated heterocycles. The highest BCUT2D eigenvalue weighted by atomic mass is 16.2. The first kappa shape index (κ1) is 37.4. The van der Waals surface area contributed by atoms with Crippen molar-refractivity contribution in [2.24, 2.45) is 34.0 Å². The number of allylic oxidation sites excluding steroid dienone is 1. The number of amides is 5. The van der Waals surface area contributed by atoms with Crippen molar-refractivity contribution in [3.63, 3.8) is 0 Å². The first-order valence-corrected chi connectivity index (χ1v) is 15.6. The number of primary amides is 1. The Hall–Kier alpha value is -3.64. The fraction of sp³-hybridized carbons (Fsp3) is 0.733. The molecule has 43 heavy (non-hydrogen) atoms. The van der Waals surface area contributed by atoms with Crippen molar-refractivity contribution in [2.45, 2.75) is 122 Å². The quantitative estimate of drug-likeness (QED) is 0.0733. The van der Waals surface area contributed by atoms with E-state index < -0.39 is 47.8 Å². The molecule has 1 heterocycles. The summed E-state index contributed by atoms with van der Waals surface area (Å²) in [5.74, 6) is -3.05. The predicted molar refractivity (Wildman–Crippen MR) is 167 cm³/mol. The van der Waals surface area contributed by atoms with E-state index in [9.17, 15) is 24.0 Å². The first-order valence-electron chi connectivity index (χ1n) is 15.6. The van der Waals surface area contributed by atoms with Gasteiger partial charge in [0.2, 0.25) is 29.5 Å². The van der Waals surface area contributed by atoms with Crippen LogP contribution in [0, 0.1) is 11.8 Å². The van der Waals surface area contributed by atoms with Gasteiger partial charge in [0.1, 0.15) is 24.2 Å². The van der Waals surface area contributed by atoms with Crippen molar-refractivity contribution < 1.29 is 24.0 Å². The minimum Gasteiger partial charge on any atom is -0.370 e. The van der Waals surface area contributed by atoms with Gasteiger partial charge in [-0.3, -0.25) is 29.0 Å². The summed E-state index contributed by atoms with van der Waals surface area (Å²) in [6.07, 6.45) is 11.1. The second-order valence-corrected chi connectivity index (χ2v) is 11.6. The summed E-state index contributed by atoms with van der Waals surface area (Å²) >= 11 is 0. The van der Waals surface area contributed by atoms with Crippen molar-refractivity contribution >= 4 is 35.5 Å². The Morgan fingerprint density at radius 3 is 2.28 bits per heavy atom. The predicted octanol–water partition coefficient (Wildman–Crippen LogP) is 0.857. The maximum absolute atomic E-state index is 13.6. The number of carbonyl (C=O) groups excluding carboxylic acids is 5. The zero-order valence-electron chi connectivity index (χ0n) is 26.3. The van der Waals surface area contributed by atoms with E-state index >= 15 is 0 Å². The molecule has 0 unspecified atom stereocenters. The lowest BCUT2D eigenvalue weighted by atomic mass is 9.97. The van der Waals surface area contributed by atoms with Gasteiger partial charge in [-0.05, 0) is 50.4 Å². The SMILES string of the molecule is CC[C@@H](C)[C@@H]1NC(=O)CCCCCCCC=CC[C@@H](C(=O)N[C@@H](CCCN=C(N)N)C(=O)N[C@H](C(N)=O)C(C)C)NC1=O. The summed E-state index contributed by atoms with van der Waals surface area (Å²) in [7, 11) is 0. The highest BCUT2D eigenvalue weighted by Gasteiger charge is 2.32. The summed E-state index contributed by atoms with van der Waals surface area (Å²) in [5.41, 5.74) is 16.3. The standard InChI is InChI=1S/C30H54N8O5/c1-5-20(4)25-29(43)36-21(15-12-10-8-6-7-9-11-13-17-23(39)37-25)27(41)35-22(16-14-18-34-30(32)33)28(42)38-24(19(2)3)26(31)40/h10,12,19-22,24-25H,5-9,11,13-18H2,1-4H3,(H2,31,40)(H,35,41)(H,36,43)(H,37,39)(H,38,42)(H4,32,33,34)/t20-,21+,22+,24+,25+/m1/s1. The van der Waals surface area contributed by atoms with Gasteiger partial charge < -0.3 is 38.5 Å². The topological polar surface area (TPSA) is 224 Å². The number of nitrogens with zero attached hydrogens (tertiary/aromatic N) is 1. The molecule has 0 aromatic heterocycles. The van der Waals surface area contributed by atoms with Gasteiger partial charge in [-0.25, -0.2) is 0 Å². The second-order valence-electron chi connectivity index (χ2n) is 11.6. The van der Waals surface area contributed by atoms with E-state index in [1.165, 1.54) is 0 Å². The molecule has 0 aromatic rings. The van der Waals surface area contributed by atoms with Crippen LogP contribution in [0.5, 0.6) is 0 Å². The van der Waals surface area contributed by atoms with Gasteiger partial charge in [0.25, 0.3) is 0 Å². The van der Waals surface area contributed by atoms with Crippen LogP contribution in [0.1, 0.15) is 98.3 Å². The minimum absolute atomic E-state index is 0.0952. The van der Waals surface area contributed by atoms with Crippen LogP contribution in [0.4, 0.5) is 0 Å². The van der Waals surface area contributed by atoms with Crippen LogP contribution in [0.15, 0.2) is 17.1 Å². The van der Waals surface area contributed by atoms with Crippen LogP contribution < -0.4 is 38.5 Å². The lowest BCUT2D eigenvalue weighted by molar-refractivity contribution is -0.135. The van der Waals surface area contributed by atoms with Crippen LogP contribution >= 0.6 is 0 Å². The molecule has 1 rings (SSSR count). The van der Waals surface area contributed by atoms with E-state index in [2.05, 4.69) is 26.3 Å². The average Bonchev–Trinajstić information content (AvgIpc) is 2.94. The summed E-state index contributed by atoms with van der Waals surface area (Å²) in [5, 5.41) is 11.1. The van der Waals surface area contributed by atoms with Gasteiger partial charge in [-0.2, -0.15) is 0 Å². The van der Waals surface area contributed by atoms with E-state index in [1.54, 1.807) is 13.8 Å². The largest absolute Gasteiger partial charge is 0.370 e. The van der Waals surface area contributed by atoms with E-state index in [1.807, 2.05) is 26.0 Å². The maximum atomic E-state index is 13.6. The fourth-order valence-corrected chi connectivity index (χ4v) is 4.73. The molecule has 5 amide bonds. The Balaban J connectivity index is 3.24. The fourth-order valence-electron chi connectivity index (χ4n) is 4.73. The van der Waals surface area contributed by atoms with E-state index in [0.29, 0.717) is 19.3 Å². The lowest BCUT2D eigenvalue weighted by Crippen LogP contribution is -2.59. The second kappa shape index (κ2) is 20.3. The third kappa shape index (κ3) is 14.9. The van der Waals surface area contributed by atoms with Gasteiger partial charge in [-0.15, -0.1) is 0 Å². The van der Waals surface area contributed by atoms with Gasteiger partial charge >= 0.3 is 0 Å². The maximum Gasteiger partial charge on any atom is 0.243 e. The van der Waals surface area contributed by atoms with Gasteiger partial charge in [-0.1, -0.05) is 65.5 Å². The molecule has 13 heteroatoms. The lowest BCUT2D eigenvalue weighted by Gasteiger charge is -2.28. The molecule has 13 nitrogen and oxygen atoms in total. The zero-order chi connectivity index (χ0) is 32.4. The van der Waals surface area contributed by atoms with Crippen LogP contribution in [-0.4, -0.2) is 66.2 Å². The van der Waals surface area contributed by atoms with Crippen molar-refractivity contribution in [3.8, 4) is 0 Å². The molecule has 0 spiro atoms. The molecular weight excluding hydrogens is 552 g/mol. The number of aliphatic imine (C=N–C) groups is 1. The minimum atomic E-state index is -1.05. The highest BCUT2D eigenvalue weighted by molar-refractivity contribution is 5.95. The number of carbonyl (C=O) groups is 5. The molecule has 1 aliphatic heterocycles. The monoisotopic (exact) mass is 606 g/mol. The van der Waals surface area contributed by atoms with Crippen LogP contribution in [-0.2, 0) is 24.0 Å². The summed E-state index contributed by atoms with van der Waals surface area (Å²) < 4.78 is 0. The molecule has 0 aliphatic carbocycles. The summed E-state index contributed by atoms with van der Waals surface area (Å²) in [6, 6.07) is -3.81. The normalized spacial score (nSPS) is 21.0. The third-order valence-electron chi connectivity index (χ3n) is 7.61. The van der Waals surface area contributed by atoms with Gasteiger partial charge in [0, 0.05) is 13.0 Å². The van der Waals surface area contributed by atoms with Crippen LogP contribution in [0.2, 0.25) is 0 Å². The van der Waals surface area contributed by atoms with E-state index in [4.69, 9.17) is 17.2 Å². The molecule has 10 N–H and O–H groups in total. The Morgan fingerprint density at radius 2 is 1.65 bits per heavy atom. The van der Waals surface area contributed by atoms with E-state index in [0.717, 1.165) is 38.5 Å². The molecule has 0 saturated carbocycles. The van der Waals surface area contributed by atoms with Crippen molar-refractivity contribution in [2.75, 3.05) is 6.54 Å². The van der Waals surface area contributed by atoms with E-state index in [-0.39, 0.29) is 43.1 Å². The molecule has 1 aliphatic rings. The number of nitrogens with two attached hydrogens (primary N) is 3. The van der Waals surface area contributed by atoms with Crippen LogP contribution in [0.25, 0.3) is 0 Å². The Kier molecular flexibility index (Phi) is 17.6. The Labute approximate surface area is 256 Å². The summed E-state index contributed by atoms with van der Waals surface area (Å²) in [4.78, 5) is 68.9. The highest BCUT2D eigenvalue weighted by Crippen LogP contribution is 2.13. The average molecular weight is 607 g/mol. The van der Waals surface area contributed by atoms with Gasteiger partial charge in [0.05, 0.1) is 0 Å². The molecule has 0 bridgehead atoms. The molecule has 0 radical (unpaired) electrons. The molecular formula is C30H54N8O5. The number of nitrogens with one attached hydrogen (secondary N) is 4. The number of hydrogen-bond acceptors (Lipinski definition) is 6. The number of guanidine groups is 1. The molecule has 0 fully saturated rings. The van der Waals surface area contributed by atoms with Crippen molar-refractivity contribution in [1.29, 1.82) is 0 Å². The van der Waals surface area contributed by atoms with Crippen molar-refractivity contribution in [1.82, 2.24) is 21.3 Å². The zero-order valence-corrected chi connectivity index (χ0v) is 26.3. The molecule has 0 aromatic carbocycles. The van der Waals surface area contributed by atoms with Crippen molar-refractivity contribution in [3.05, 3.63) is 12.2 Å². The first-order chi connectivity index (χ1) is 20.4.